The molecule has 244 valence electrons. The van der Waals surface area contributed by atoms with Gasteiger partial charge in [-0.15, -0.1) is 0 Å². The zero-order valence-corrected chi connectivity index (χ0v) is 26.6. The lowest BCUT2D eigenvalue weighted by Gasteiger charge is -2.13. The number of unbranched alkanes of at least 4 members (excludes halogenated alkanes) is 2. The van der Waals surface area contributed by atoms with Crippen molar-refractivity contribution in [3.63, 3.8) is 0 Å². The Hall–Kier alpha value is -4.66. The highest BCUT2D eigenvalue weighted by Crippen LogP contribution is 2.25. The van der Waals surface area contributed by atoms with Crippen molar-refractivity contribution in [1.82, 2.24) is 0 Å². The van der Waals surface area contributed by atoms with Crippen molar-refractivity contribution in [3.8, 4) is 33.8 Å². The molecule has 2 fully saturated rings. The van der Waals surface area contributed by atoms with Crippen molar-refractivity contribution in [2.45, 2.75) is 50.9 Å². The normalized spacial score (nSPS) is 17.0. The SMILES string of the molecule is CC(CCCCCOC(=O)c1ccc(-c2ccc(OCC3CO3)cc2)cc1)OC(=O)c1ccc(-c2ccc(OCC3CO3)cc2)cc1. The van der Waals surface area contributed by atoms with Crippen molar-refractivity contribution in [1.29, 1.82) is 0 Å². The Kier molecular flexibility index (Phi) is 10.8. The van der Waals surface area contributed by atoms with E-state index in [9.17, 15) is 9.59 Å². The van der Waals surface area contributed by atoms with E-state index in [1.54, 1.807) is 24.3 Å². The van der Waals surface area contributed by atoms with Crippen LogP contribution < -0.4 is 9.47 Å². The predicted octanol–water partition coefficient (Wildman–Crippen LogP) is 7.54. The Balaban J connectivity index is 0.847. The van der Waals surface area contributed by atoms with Crippen LogP contribution in [0.25, 0.3) is 22.3 Å². The van der Waals surface area contributed by atoms with E-state index in [0.29, 0.717) is 30.9 Å². The van der Waals surface area contributed by atoms with Crippen molar-refractivity contribution < 1.29 is 38.0 Å². The summed E-state index contributed by atoms with van der Waals surface area (Å²) in [4.78, 5) is 25.2. The second-order valence-electron chi connectivity index (χ2n) is 11.9. The largest absolute Gasteiger partial charge is 0.491 e. The molecule has 3 unspecified atom stereocenters. The minimum atomic E-state index is -0.333. The maximum Gasteiger partial charge on any atom is 0.338 e. The number of rotatable bonds is 17. The number of hydrogen-bond donors (Lipinski definition) is 0. The number of esters is 2. The first-order valence-electron chi connectivity index (χ1n) is 16.3. The Bertz CT molecular complexity index is 1590. The van der Waals surface area contributed by atoms with Crippen LogP contribution in [0.5, 0.6) is 11.5 Å². The Morgan fingerprint density at radius 1 is 0.617 bits per heavy atom. The summed E-state index contributed by atoms with van der Waals surface area (Å²) in [6, 6.07) is 30.6. The molecule has 8 nitrogen and oxygen atoms in total. The number of ether oxygens (including phenoxy) is 6. The van der Waals surface area contributed by atoms with Crippen LogP contribution in [0.2, 0.25) is 0 Å². The molecule has 2 aliphatic rings. The van der Waals surface area contributed by atoms with Gasteiger partial charge in [0.2, 0.25) is 0 Å². The smallest absolute Gasteiger partial charge is 0.338 e. The van der Waals surface area contributed by atoms with Gasteiger partial charge in [-0.3, -0.25) is 0 Å². The summed E-state index contributed by atoms with van der Waals surface area (Å²) in [6.45, 7) is 4.95. The van der Waals surface area contributed by atoms with Gasteiger partial charge in [0, 0.05) is 0 Å². The summed E-state index contributed by atoms with van der Waals surface area (Å²) in [5, 5.41) is 0. The maximum atomic E-state index is 12.7. The monoisotopic (exact) mass is 636 g/mol. The first-order chi connectivity index (χ1) is 23.0. The highest BCUT2D eigenvalue weighted by Gasteiger charge is 2.23. The first kappa shape index (κ1) is 32.3. The summed E-state index contributed by atoms with van der Waals surface area (Å²) in [6.07, 6.45) is 3.46. The molecule has 0 radical (unpaired) electrons. The third kappa shape index (κ3) is 9.91. The lowest BCUT2D eigenvalue weighted by Crippen LogP contribution is -2.15. The molecule has 8 heteroatoms. The third-order valence-corrected chi connectivity index (χ3v) is 8.09. The third-order valence-electron chi connectivity index (χ3n) is 8.09. The molecule has 3 atom stereocenters. The average molecular weight is 637 g/mol. The van der Waals surface area contributed by atoms with Gasteiger partial charge < -0.3 is 28.4 Å². The van der Waals surface area contributed by atoms with Crippen LogP contribution in [0.15, 0.2) is 97.1 Å². The second kappa shape index (κ2) is 15.8. The van der Waals surface area contributed by atoms with E-state index in [-0.39, 0.29) is 30.3 Å². The standard InChI is InChI=1S/C39H40O8/c1-27(47-39(41)33-12-8-29(9-13-33)31-16-20-35(21-17-31)44-24-37-26-46-37)5-3-2-4-22-42-38(40)32-10-6-28(7-11-32)30-14-18-34(19-15-30)43-23-36-25-45-36/h6-21,27,36-37H,2-5,22-26H2,1H3. The zero-order valence-electron chi connectivity index (χ0n) is 26.6. The summed E-state index contributed by atoms with van der Waals surface area (Å²) in [7, 11) is 0. The molecule has 0 N–H and O–H groups in total. The minimum absolute atomic E-state index is 0.210. The van der Waals surface area contributed by atoms with E-state index in [1.165, 1.54) is 0 Å². The zero-order chi connectivity index (χ0) is 32.4. The van der Waals surface area contributed by atoms with Gasteiger partial charge in [-0.1, -0.05) is 48.5 Å². The molecular formula is C39H40O8. The lowest BCUT2D eigenvalue weighted by atomic mass is 10.0. The van der Waals surface area contributed by atoms with Crippen molar-refractivity contribution in [2.24, 2.45) is 0 Å². The van der Waals surface area contributed by atoms with Crippen LogP contribution in [0, 0.1) is 0 Å². The van der Waals surface area contributed by atoms with E-state index < -0.39 is 0 Å². The summed E-state index contributed by atoms with van der Waals surface area (Å²) in [5.74, 6) is 0.958. The van der Waals surface area contributed by atoms with E-state index in [1.807, 2.05) is 79.7 Å². The number of hydrogen-bond acceptors (Lipinski definition) is 8. The van der Waals surface area contributed by atoms with Crippen LogP contribution in [0.1, 0.15) is 53.3 Å². The molecule has 4 aromatic rings. The fraction of sp³-hybridized carbons (Fsp3) is 0.333. The fourth-order valence-corrected chi connectivity index (χ4v) is 5.06. The Labute approximate surface area is 275 Å². The maximum absolute atomic E-state index is 12.7. The molecule has 0 aliphatic carbocycles. The van der Waals surface area contributed by atoms with Gasteiger partial charge >= 0.3 is 11.9 Å². The van der Waals surface area contributed by atoms with Crippen LogP contribution in [0.3, 0.4) is 0 Å². The van der Waals surface area contributed by atoms with Gasteiger partial charge in [-0.25, -0.2) is 9.59 Å². The van der Waals surface area contributed by atoms with Gasteiger partial charge in [0.25, 0.3) is 0 Å². The lowest BCUT2D eigenvalue weighted by molar-refractivity contribution is 0.0314. The highest BCUT2D eigenvalue weighted by molar-refractivity contribution is 5.90. The molecule has 47 heavy (non-hydrogen) atoms. The molecule has 6 rings (SSSR count). The van der Waals surface area contributed by atoms with E-state index in [2.05, 4.69) is 0 Å². The average Bonchev–Trinajstić information content (AvgIpc) is 4.05. The van der Waals surface area contributed by atoms with E-state index >= 15 is 0 Å². The van der Waals surface area contributed by atoms with Gasteiger partial charge in [0.15, 0.2) is 0 Å². The Morgan fingerprint density at radius 3 is 1.49 bits per heavy atom. The predicted molar refractivity (Wildman–Crippen MR) is 178 cm³/mol. The van der Waals surface area contributed by atoms with Crippen LogP contribution in [0.4, 0.5) is 0 Å². The van der Waals surface area contributed by atoms with Crippen molar-refractivity contribution in [3.05, 3.63) is 108 Å². The molecule has 0 amide bonds. The van der Waals surface area contributed by atoms with Gasteiger partial charge in [-0.2, -0.15) is 0 Å². The number of epoxide rings is 2. The van der Waals surface area contributed by atoms with E-state index in [4.69, 9.17) is 28.4 Å². The number of benzene rings is 4. The quantitative estimate of drug-likeness (QED) is 0.0667. The van der Waals surface area contributed by atoms with Crippen molar-refractivity contribution in [2.75, 3.05) is 33.0 Å². The Morgan fingerprint density at radius 2 is 1.04 bits per heavy atom. The molecule has 2 saturated heterocycles. The minimum Gasteiger partial charge on any atom is -0.491 e. The van der Waals surface area contributed by atoms with E-state index in [0.717, 1.165) is 72.6 Å². The van der Waals surface area contributed by atoms with Gasteiger partial charge in [0.05, 0.1) is 37.1 Å². The highest BCUT2D eigenvalue weighted by atomic mass is 16.6. The van der Waals surface area contributed by atoms with Crippen molar-refractivity contribution >= 4 is 11.9 Å². The topological polar surface area (TPSA) is 96.1 Å². The molecular weight excluding hydrogens is 596 g/mol. The molecule has 2 aliphatic heterocycles. The fourth-order valence-electron chi connectivity index (χ4n) is 5.06. The second-order valence-corrected chi connectivity index (χ2v) is 11.9. The van der Waals surface area contributed by atoms with Gasteiger partial charge in [-0.05, 0) is 103 Å². The van der Waals surface area contributed by atoms with Crippen LogP contribution >= 0.6 is 0 Å². The van der Waals surface area contributed by atoms with Crippen LogP contribution in [-0.4, -0.2) is 63.3 Å². The summed E-state index contributed by atoms with van der Waals surface area (Å²) in [5.41, 5.74) is 5.15. The molecule has 0 spiro atoms. The summed E-state index contributed by atoms with van der Waals surface area (Å²) >= 11 is 0. The van der Waals surface area contributed by atoms with Gasteiger partial charge in [0.1, 0.15) is 36.9 Å². The molecule has 0 bridgehead atoms. The molecule has 0 saturated carbocycles. The first-order valence-corrected chi connectivity index (χ1v) is 16.3. The molecule has 2 heterocycles. The number of carbonyl (C=O) groups is 2. The number of carbonyl (C=O) groups excluding carboxylic acids is 2. The van der Waals surface area contributed by atoms with Crippen LogP contribution in [-0.2, 0) is 18.9 Å². The molecule has 4 aromatic carbocycles. The summed E-state index contributed by atoms with van der Waals surface area (Å²) < 4.78 is 32.9. The molecule has 0 aromatic heterocycles.